The van der Waals surface area contributed by atoms with Crippen molar-refractivity contribution in [2.75, 3.05) is 0 Å². The van der Waals surface area contributed by atoms with E-state index in [-0.39, 0.29) is 12.1 Å². The predicted octanol–water partition coefficient (Wildman–Crippen LogP) is 1.54. The minimum atomic E-state index is -0.0849. The molecule has 0 saturated carbocycles. The average Bonchev–Trinajstić information content (AvgIpc) is 2.78. The molecule has 2 heterocycles. The van der Waals surface area contributed by atoms with Gasteiger partial charge in [-0.1, -0.05) is 12.1 Å². The van der Waals surface area contributed by atoms with E-state index in [1.165, 1.54) is 10.9 Å². The Labute approximate surface area is 118 Å². The summed E-state index contributed by atoms with van der Waals surface area (Å²) >= 11 is 1.99. The smallest absolute Gasteiger partial charge is 0.267 e. The second-order valence-corrected chi connectivity index (χ2v) is 5.01. The van der Waals surface area contributed by atoms with Gasteiger partial charge in [-0.05, 0) is 35.9 Å². The zero-order valence-corrected chi connectivity index (χ0v) is 12.3. The molecular weight excluding hydrogens is 347 g/mol. The van der Waals surface area contributed by atoms with Crippen molar-refractivity contribution < 1.29 is 4.52 Å². The molecule has 96 valence electrons. The van der Waals surface area contributed by atoms with Crippen LogP contribution >= 0.6 is 22.6 Å². The van der Waals surface area contributed by atoms with Gasteiger partial charge in [0.05, 0.1) is 15.6 Å². The van der Waals surface area contributed by atoms with Crippen LogP contribution in [0.3, 0.4) is 0 Å². The summed E-state index contributed by atoms with van der Waals surface area (Å²) in [6.45, 7) is 4.12. The molecule has 7 heteroatoms. The first kappa shape index (κ1) is 13.2. The number of hydrogen-bond donors (Lipinski definition) is 0. The van der Waals surface area contributed by atoms with Gasteiger partial charge in [0.25, 0.3) is 5.56 Å². The SMILES string of the molecule is CCCc1noc(Cn2cnc(C)c(I)c2=O)n1. The van der Waals surface area contributed by atoms with Crippen LogP contribution in [0.1, 0.15) is 30.8 Å². The highest BCUT2D eigenvalue weighted by molar-refractivity contribution is 14.1. The Morgan fingerprint density at radius 2 is 2.28 bits per heavy atom. The number of rotatable bonds is 4. The van der Waals surface area contributed by atoms with Crippen molar-refractivity contribution in [2.45, 2.75) is 33.2 Å². The number of aromatic nitrogens is 4. The molecule has 0 atom stereocenters. The molecule has 2 aromatic rings. The Kier molecular flexibility index (Phi) is 4.10. The summed E-state index contributed by atoms with van der Waals surface area (Å²) in [5.74, 6) is 1.11. The first-order valence-corrected chi connectivity index (χ1v) is 6.72. The van der Waals surface area contributed by atoms with Crippen molar-refractivity contribution in [1.29, 1.82) is 0 Å². The Morgan fingerprint density at radius 1 is 1.50 bits per heavy atom. The molecular formula is C11H13IN4O2. The van der Waals surface area contributed by atoms with Crippen LogP contribution in [0.2, 0.25) is 0 Å². The van der Waals surface area contributed by atoms with Gasteiger partial charge in [0, 0.05) is 6.42 Å². The highest BCUT2D eigenvalue weighted by atomic mass is 127. The normalized spacial score (nSPS) is 10.8. The zero-order valence-electron chi connectivity index (χ0n) is 10.2. The second-order valence-electron chi connectivity index (χ2n) is 3.93. The molecule has 0 unspecified atom stereocenters. The minimum Gasteiger partial charge on any atom is -0.337 e. The standard InChI is InChI=1S/C11H13IN4O2/c1-3-4-8-14-9(18-15-8)5-16-6-13-7(2)10(12)11(16)17/h6H,3-5H2,1-2H3. The van der Waals surface area contributed by atoms with E-state index >= 15 is 0 Å². The fraction of sp³-hybridized carbons (Fsp3) is 0.455. The molecule has 0 spiro atoms. The molecule has 0 amide bonds. The highest BCUT2D eigenvalue weighted by Gasteiger charge is 2.10. The summed E-state index contributed by atoms with van der Waals surface area (Å²) in [5.41, 5.74) is 0.646. The summed E-state index contributed by atoms with van der Waals surface area (Å²) in [5, 5.41) is 3.85. The molecule has 0 aliphatic rings. The van der Waals surface area contributed by atoms with Gasteiger partial charge in [-0.25, -0.2) is 4.98 Å². The molecule has 2 rings (SSSR count). The lowest BCUT2D eigenvalue weighted by Gasteiger charge is -2.03. The van der Waals surface area contributed by atoms with Crippen molar-refractivity contribution in [2.24, 2.45) is 0 Å². The lowest BCUT2D eigenvalue weighted by molar-refractivity contribution is 0.364. The first-order valence-electron chi connectivity index (χ1n) is 5.64. The van der Waals surface area contributed by atoms with Crippen LogP contribution in [-0.2, 0) is 13.0 Å². The van der Waals surface area contributed by atoms with E-state index in [1.54, 1.807) is 6.92 Å². The Hall–Kier alpha value is -1.25. The van der Waals surface area contributed by atoms with E-state index in [1.807, 2.05) is 29.5 Å². The Morgan fingerprint density at radius 3 is 3.00 bits per heavy atom. The fourth-order valence-electron chi connectivity index (χ4n) is 1.48. The highest BCUT2D eigenvalue weighted by Crippen LogP contribution is 2.04. The monoisotopic (exact) mass is 360 g/mol. The number of nitrogens with zero attached hydrogens (tertiary/aromatic N) is 4. The zero-order chi connectivity index (χ0) is 13.1. The van der Waals surface area contributed by atoms with Gasteiger partial charge in [-0.3, -0.25) is 9.36 Å². The Bertz CT molecular complexity index is 605. The fourth-order valence-corrected chi connectivity index (χ4v) is 1.93. The third-order valence-electron chi connectivity index (χ3n) is 2.45. The summed E-state index contributed by atoms with van der Waals surface area (Å²) in [7, 11) is 0. The Balaban J connectivity index is 2.23. The molecule has 0 radical (unpaired) electrons. The third kappa shape index (κ3) is 2.77. The van der Waals surface area contributed by atoms with Gasteiger partial charge in [0.1, 0.15) is 6.54 Å². The van der Waals surface area contributed by atoms with Crippen LogP contribution in [0.15, 0.2) is 15.6 Å². The molecule has 0 aliphatic carbocycles. The molecule has 0 N–H and O–H groups in total. The topological polar surface area (TPSA) is 73.8 Å². The maximum absolute atomic E-state index is 12.0. The van der Waals surface area contributed by atoms with E-state index in [2.05, 4.69) is 15.1 Å². The maximum Gasteiger partial charge on any atom is 0.267 e. The number of hydrogen-bond acceptors (Lipinski definition) is 5. The molecule has 6 nitrogen and oxygen atoms in total. The number of aryl methyl sites for hydroxylation is 2. The van der Waals surface area contributed by atoms with Crippen LogP contribution < -0.4 is 5.56 Å². The lowest BCUT2D eigenvalue weighted by Crippen LogP contribution is -2.24. The molecule has 0 fully saturated rings. The van der Waals surface area contributed by atoms with Gasteiger partial charge in [0.15, 0.2) is 5.82 Å². The van der Waals surface area contributed by atoms with Gasteiger partial charge in [-0.15, -0.1) is 0 Å². The summed E-state index contributed by atoms with van der Waals surface area (Å²) < 4.78 is 7.18. The van der Waals surface area contributed by atoms with Gasteiger partial charge in [0.2, 0.25) is 5.89 Å². The maximum atomic E-state index is 12.0. The second kappa shape index (κ2) is 5.59. The van der Waals surface area contributed by atoms with Crippen LogP contribution in [0.4, 0.5) is 0 Å². The summed E-state index contributed by atoms with van der Waals surface area (Å²) in [6, 6.07) is 0. The van der Waals surface area contributed by atoms with Crippen molar-refractivity contribution >= 4 is 22.6 Å². The van der Waals surface area contributed by atoms with Crippen molar-refractivity contribution in [3.63, 3.8) is 0 Å². The molecule has 2 aromatic heterocycles. The molecule has 18 heavy (non-hydrogen) atoms. The quantitative estimate of drug-likeness (QED) is 0.774. The van der Waals surface area contributed by atoms with Gasteiger partial charge < -0.3 is 4.52 Å². The van der Waals surface area contributed by atoms with E-state index in [4.69, 9.17) is 4.52 Å². The molecule has 0 aromatic carbocycles. The minimum absolute atomic E-state index is 0.0849. The lowest BCUT2D eigenvalue weighted by atomic mass is 10.3. The van der Waals surface area contributed by atoms with Crippen LogP contribution in [0.5, 0.6) is 0 Å². The van der Waals surface area contributed by atoms with Gasteiger partial charge in [-0.2, -0.15) is 4.98 Å². The number of halogens is 1. The largest absolute Gasteiger partial charge is 0.337 e. The summed E-state index contributed by atoms with van der Waals surface area (Å²) in [6.07, 6.45) is 3.24. The van der Waals surface area contributed by atoms with Crippen molar-refractivity contribution in [3.05, 3.63) is 37.7 Å². The van der Waals surface area contributed by atoms with E-state index in [0.717, 1.165) is 18.5 Å². The third-order valence-corrected chi connectivity index (χ3v) is 3.69. The van der Waals surface area contributed by atoms with Crippen LogP contribution in [-0.4, -0.2) is 19.7 Å². The average molecular weight is 360 g/mol. The van der Waals surface area contributed by atoms with Crippen LogP contribution in [0, 0.1) is 10.5 Å². The molecule has 0 aliphatic heterocycles. The predicted molar refractivity (Wildman–Crippen MR) is 73.3 cm³/mol. The van der Waals surface area contributed by atoms with Crippen molar-refractivity contribution in [3.8, 4) is 0 Å². The van der Waals surface area contributed by atoms with E-state index in [0.29, 0.717) is 15.3 Å². The van der Waals surface area contributed by atoms with Crippen molar-refractivity contribution in [1.82, 2.24) is 19.7 Å². The molecule has 0 saturated heterocycles. The summed E-state index contributed by atoms with van der Waals surface area (Å²) in [4.78, 5) is 20.3. The van der Waals surface area contributed by atoms with Crippen LogP contribution in [0.25, 0.3) is 0 Å². The first-order chi connectivity index (χ1) is 8.61. The molecule has 0 bridgehead atoms. The van der Waals surface area contributed by atoms with E-state index < -0.39 is 0 Å². The van der Waals surface area contributed by atoms with E-state index in [9.17, 15) is 4.79 Å². The van der Waals surface area contributed by atoms with Gasteiger partial charge >= 0.3 is 0 Å².